The lowest BCUT2D eigenvalue weighted by atomic mass is 10.1. The molecule has 0 aliphatic heterocycles. The fourth-order valence-electron chi connectivity index (χ4n) is 2.50. The molecule has 1 N–H and O–H groups in total. The number of aromatic amines is 1. The number of hydrogen-bond acceptors (Lipinski definition) is 3. The van der Waals surface area contributed by atoms with Crippen molar-refractivity contribution in [2.45, 2.75) is 38.8 Å². The Morgan fingerprint density at radius 2 is 2.05 bits per heavy atom. The van der Waals surface area contributed by atoms with Crippen LogP contribution in [0.3, 0.4) is 0 Å². The normalized spacial score (nSPS) is 14.6. The quantitative estimate of drug-likeness (QED) is 0.847. The van der Waals surface area contributed by atoms with Crippen molar-refractivity contribution in [3.05, 3.63) is 36.2 Å². The van der Waals surface area contributed by atoms with Gasteiger partial charge in [-0.1, -0.05) is 19.1 Å². The Bertz CT molecular complexity index is 572. The van der Waals surface area contributed by atoms with Gasteiger partial charge in [0.05, 0.1) is 11.8 Å². The van der Waals surface area contributed by atoms with Gasteiger partial charge in [0.2, 0.25) is 0 Å². The van der Waals surface area contributed by atoms with Gasteiger partial charge in [0.15, 0.2) is 0 Å². The summed E-state index contributed by atoms with van der Waals surface area (Å²) in [5, 5.41) is 7.39. The summed E-state index contributed by atoms with van der Waals surface area (Å²) < 4.78 is 5.79. The van der Waals surface area contributed by atoms with Crippen molar-refractivity contribution in [3.8, 4) is 16.9 Å². The summed E-state index contributed by atoms with van der Waals surface area (Å²) in [5.74, 6) is 0.967. The average molecular weight is 285 g/mol. The molecule has 2 aromatic rings. The fourth-order valence-corrected chi connectivity index (χ4v) is 2.50. The van der Waals surface area contributed by atoms with Crippen molar-refractivity contribution in [2.75, 3.05) is 13.6 Å². The molecule has 1 saturated carbocycles. The van der Waals surface area contributed by atoms with E-state index in [1.165, 1.54) is 24.0 Å². The minimum Gasteiger partial charge on any atom is -0.490 e. The summed E-state index contributed by atoms with van der Waals surface area (Å²) >= 11 is 0. The van der Waals surface area contributed by atoms with Crippen LogP contribution in [0.25, 0.3) is 11.1 Å². The zero-order chi connectivity index (χ0) is 14.7. The maximum Gasteiger partial charge on any atom is 0.119 e. The first-order valence-electron chi connectivity index (χ1n) is 7.74. The molecule has 1 fully saturated rings. The summed E-state index contributed by atoms with van der Waals surface area (Å²) in [5.41, 5.74) is 3.46. The Hall–Kier alpha value is -1.81. The van der Waals surface area contributed by atoms with E-state index in [1.807, 2.05) is 6.20 Å². The topological polar surface area (TPSA) is 41.2 Å². The summed E-state index contributed by atoms with van der Waals surface area (Å²) in [6, 6.07) is 8.35. The van der Waals surface area contributed by atoms with E-state index in [2.05, 4.69) is 53.3 Å². The molecule has 4 heteroatoms. The van der Waals surface area contributed by atoms with Gasteiger partial charge >= 0.3 is 0 Å². The maximum atomic E-state index is 5.79. The lowest BCUT2D eigenvalue weighted by Crippen LogP contribution is -2.19. The number of hydrogen-bond donors (Lipinski definition) is 1. The highest BCUT2D eigenvalue weighted by molar-refractivity contribution is 5.65. The third-order valence-corrected chi connectivity index (χ3v) is 3.74. The van der Waals surface area contributed by atoms with Crippen molar-refractivity contribution in [3.63, 3.8) is 0 Å². The number of nitrogens with one attached hydrogen (secondary N) is 1. The molecule has 1 aliphatic carbocycles. The molecular weight excluding hydrogens is 262 g/mol. The molecule has 0 atom stereocenters. The van der Waals surface area contributed by atoms with Gasteiger partial charge in [0, 0.05) is 18.3 Å². The van der Waals surface area contributed by atoms with Crippen LogP contribution >= 0.6 is 0 Å². The van der Waals surface area contributed by atoms with Gasteiger partial charge in [-0.25, -0.2) is 0 Å². The molecule has 0 unspecified atom stereocenters. The van der Waals surface area contributed by atoms with Crippen molar-refractivity contribution >= 4 is 0 Å². The first-order valence-corrected chi connectivity index (χ1v) is 7.74. The molecular formula is C17H23N3O. The molecule has 21 heavy (non-hydrogen) atoms. The number of H-pyrrole nitrogens is 1. The Morgan fingerprint density at radius 1 is 1.29 bits per heavy atom. The third-order valence-electron chi connectivity index (χ3n) is 3.74. The molecule has 112 valence electrons. The molecule has 4 nitrogen and oxygen atoms in total. The van der Waals surface area contributed by atoms with Gasteiger partial charge in [-0.2, -0.15) is 5.10 Å². The van der Waals surface area contributed by atoms with E-state index >= 15 is 0 Å². The van der Waals surface area contributed by atoms with Crippen LogP contribution in [-0.2, 0) is 6.54 Å². The molecule has 1 aliphatic rings. The van der Waals surface area contributed by atoms with Crippen LogP contribution in [0.15, 0.2) is 30.5 Å². The van der Waals surface area contributed by atoms with E-state index in [1.54, 1.807) is 0 Å². The van der Waals surface area contributed by atoms with E-state index in [9.17, 15) is 0 Å². The molecule has 0 radical (unpaired) electrons. The fraction of sp³-hybridized carbons (Fsp3) is 0.471. The van der Waals surface area contributed by atoms with Gasteiger partial charge in [0.25, 0.3) is 0 Å². The van der Waals surface area contributed by atoms with Gasteiger partial charge in [-0.15, -0.1) is 0 Å². The van der Waals surface area contributed by atoms with Crippen molar-refractivity contribution < 1.29 is 4.74 Å². The van der Waals surface area contributed by atoms with Gasteiger partial charge in [-0.05, 0) is 50.6 Å². The van der Waals surface area contributed by atoms with Crippen LogP contribution < -0.4 is 4.74 Å². The highest BCUT2D eigenvalue weighted by atomic mass is 16.5. The minimum absolute atomic E-state index is 0.447. The summed E-state index contributed by atoms with van der Waals surface area (Å²) in [7, 11) is 2.13. The molecule has 1 aromatic carbocycles. The van der Waals surface area contributed by atoms with Crippen LogP contribution in [0, 0.1) is 0 Å². The lowest BCUT2D eigenvalue weighted by Gasteiger charge is -2.14. The maximum absolute atomic E-state index is 5.79. The van der Waals surface area contributed by atoms with Crippen molar-refractivity contribution in [1.82, 2.24) is 15.1 Å². The molecule has 1 heterocycles. The summed E-state index contributed by atoms with van der Waals surface area (Å²) in [6.45, 7) is 4.15. The number of ether oxygens (including phenoxy) is 1. The second-order valence-corrected chi connectivity index (χ2v) is 5.82. The largest absolute Gasteiger partial charge is 0.490 e. The van der Waals surface area contributed by atoms with Gasteiger partial charge in [-0.3, -0.25) is 5.10 Å². The number of rotatable bonds is 7. The molecule has 0 amide bonds. The minimum atomic E-state index is 0.447. The van der Waals surface area contributed by atoms with Crippen LogP contribution in [0.2, 0.25) is 0 Å². The van der Waals surface area contributed by atoms with Gasteiger partial charge in [0.1, 0.15) is 5.75 Å². The second-order valence-electron chi connectivity index (χ2n) is 5.82. The Balaban J connectivity index is 1.72. The van der Waals surface area contributed by atoms with E-state index in [-0.39, 0.29) is 0 Å². The lowest BCUT2D eigenvalue weighted by molar-refractivity contribution is 0.303. The predicted octanol–water partition coefficient (Wildman–Crippen LogP) is 3.46. The third kappa shape index (κ3) is 3.64. The monoisotopic (exact) mass is 285 g/mol. The van der Waals surface area contributed by atoms with E-state index < -0.39 is 0 Å². The Labute approximate surface area is 126 Å². The smallest absolute Gasteiger partial charge is 0.119 e. The van der Waals surface area contributed by atoms with Crippen molar-refractivity contribution in [1.29, 1.82) is 0 Å². The average Bonchev–Trinajstić information content (AvgIpc) is 3.17. The number of benzene rings is 1. The Kier molecular flexibility index (Phi) is 4.25. The van der Waals surface area contributed by atoms with E-state index in [4.69, 9.17) is 4.74 Å². The molecule has 0 bridgehead atoms. The van der Waals surface area contributed by atoms with Gasteiger partial charge < -0.3 is 9.64 Å². The second kappa shape index (κ2) is 6.31. The SMILES string of the molecule is CCCN(C)Cc1n[nH]cc1-c1ccc(OC2CC2)cc1. The number of nitrogens with zero attached hydrogens (tertiary/aromatic N) is 2. The number of aromatic nitrogens is 2. The summed E-state index contributed by atoms with van der Waals surface area (Å²) in [4.78, 5) is 2.30. The summed E-state index contributed by atoms with van der Waals surface area (Å²) in [6.07, 6.45) is 5.97. The molecule has 0 spiro atoms. The molecule has 0 saturated heterocycles. The standard InChI is InChI=1S/C17H23N3O/c1-3-10-20(2)12-17-16(11-18-19-17)13-4-6-14(7-5-13)21-15-8-9-15/h4-7,11,15H,3,8-10,12H2,1-2H3,(H,18,19). The highest BCUT2D eigenvalue weighted by Gasteiger charge is 2.23. The highest BCUT2D eigenvalue weighted by Crippen LogP contribution is 2.29. The van der Waals surface area contributed by atoms with E-state index in [0.717, 1.165) is 31.0 Å². The first-order chi connectivity index (χ1) is 10.3. The molecule has 3 rings (SSSR count). The van der Waals surface area contributed by atoms with Crippen molar-refractivity contribution in [2.24, 2.45) is 0 Å². The predicted molar refractivity (Wildman–Crippen MR) is 84.3 cm³/mol. The Morgan fingerprint density at radius 3 is 2.71 bits per heavy atom. The van der Waals surface area contributed by atoms with Crippen LogP contribution in [0.1, 0.15) is 31.9 Å². The van der Waals surface area contributed by atoms with E-state index in [0.29, 0.717) is 6.10 Å². The molecule has 1 aromatic heterocycles. The van der Waals surface area contributed by atoms with Crippen LogP contribution in [0.4, 0.5) is 0 Å². The van der Waals surface area contributed by atoms with Crippen LogP contribution in [0.5, 0.6) is 5.75 Å². The van der Waals surface area contributed by atoms with Crippen LogP contribution in [-0.4, -0.2) is 34.8 Å². The zero-order valence-electron chi connectivity index (χ0n) is 12.8. The first kappa shape index (κ1) is 14.1. The zero-order valence-corrected chi connectivity index (χ0v) is 12.8.